The van der Waals surface area contributed by atoms with Crippen LogP contribution in [0.2, 0.25) is 0 Å². The van der Waals surface area contributed by atoms with Gasteiger partial charge in [-0.15, -0.1) is 0 Å². The van der Waals surface area contributed by atoms with Gasteiger partial charge in [-0.1, -0.05) is 76.8 Å². The van der Waals surface area contributed by atoms with Crippen LogP contribution in [0.1, 0.15) is 91.0 Å². The summed E-state index contributed by atoms with van der Waals surface area (Å²) < 4.78 is 5.26. The molecule has 0 bridgehead atoms. The first-order valence-electron chi connectivity index (χ1n) is 13.7. The topological polar surface area (TPSA) is 46.5 Å². The Bertz CT molecular complexity index is 762. The van der Waals surface area contributed by atoms with E-state index in [-0.39, 0.29) is 23.6 Å². The first-order valence-corrected chi connectivity index (χ1v) is 16.1. The smallest absolute Gasteiger partial charge is 0.272 e. The summed E-state index contributed by atoms with van der Waals surface area (Å²) in [7, 11) is -1.48. The minimum absolute atomic E-state index is 0.0323. The molecule has 0 saturated heterocycles. The first-order chi connectivity index (χ1) is 16.5. The molecular weight excluding hydrogens is 439 g/mol. The van der Waals surface area contributed by atoms with Crippen molar-refractivity contribution in [1.29, 1.82) is 0 Å². The summed E-state index contributed by atoms with van der Waals surface area (Å²) in [6, 6.07) is 10.7. The molecule has 1 aliphatic rings. The Morgan fingerprint density at radius 3 is 2.09 bits per heavy atom. The molecule has 4 heteroatoms. The molecule has 1 aliphatic carbocycles. The third kappa shape index (κ3) is 8.26. The van der Waals surface area contributed by atoms with Crippen molar-refractivity contribution in [3.8, 4) is 0 Å². The number of carbonyl (C=O) groups is 1. The number of hydrogen-bond acceptors (Lipinski definition) is 3. The predicted molar refractivity (Wildman–Crippen MR) is 149 cm³/mol. The number of hydrogen-bond donors (Lipinski definition) is 1. The molecule has 0 spiro atoms. The third-order valence-corrected chi connectivity index (χ3v) is 12.2. The van der Waals surface area contributed by atoms with Gasteiger partial charge in [0.25, 0.3) is 5.95 Å². The fraction of sp³-hybridized carbons (Fsp3) is 0.633. The Kier molecular flexibility index (Phi) is 13.0. The highest BCUT2D eigenvalue weighted by Crippen LogP contribution is 2.70. The number of ketones is 1. The van der Waals surface area contributed by atoms with Crippen molar-refractivity contribution in [2.24, 2.45) is 11.8 Å². The molecule has 1 unspecified atom stereocenters. The summed E-state index contributed by atoms with van der Waals surface area (Å²) in [4.78, 5) is 13.8. The van der Waals surface area contributed by atoms with E-state index >= 15 is 0 Å². The molecule has 34 heavy (non-hydrogen) atoms. The number of aliphatic hydroxyl groups is 1. The summed E-state index contributed by atoms with van der Waals surface area (Å²) in [6.07, 6.45) is 17.7. The largest absolute Gasteiger partial charge is 0.481 e. The van der Waals surface area contributed by atoms with Crippen LogP contribution in [-0.4, -0.2) is 36.0 Å². The Balaban J connectivity index is 2.52. The molecule has 2 atom stereocenters. The van der Waals surface area contributed by atoms with E-state index in [9.17, 15) is 9.90 Å². The molecule has 1 aromatic rings. The summed E-state index contributed by atoms with van der Waals surface area (Å²) in [6.45, 7) is 9.15. The SMILES string of the molecule is CCCC[P+](CCCC)(CCCC)/C(=C\C(=O)[C@@H]1CCCC1/C=C(\O)OCC)c1ccccc1. The van der Waals surface area contributed by atoms with Crippen LogP contribution in [0.5, 0.6) is 0 Å². The van der Waals surface area contributed by atoms with Crippen molar-refractivity contribution < 1.29 is 14.6 Å². The number of ether oxygens (including phenoxy) is 1. The highest BCUT2D eigenvalue weighted by atomic mass is 31.2. The monoisotopic (exact) mass is 487 g/mol. The van der Waals surface area contributed by atoms with E-state index < -0.39 is 7.26 Å². The maximum absolute atomic E-state index is 13.8. The summed E-state index contributed by atoms with van der Waals surface area (Å²) in [5.41, 5.74) is 1.25. The minimum Gasteiger partial charge on any atom is -0.481 e. The number of benzene rings is 1. The van der Waals surface area contributed by atoms with E-state index in [1.54, 1.807) is 6.08 Å². The van der Waals surface area contributed by atoms with Gasteiger partial charge in [-0.25, -0.2) is 0 Å². The van der Waals surface area contributed by atoms with Crippen molar-refractivity contribution in [2.45, 2.75) is 85.5 Å². The Labute approximate surface area is 209 Å². The Morgan fingerprint density at radius 1 is 0.971 bits per heavy atom. The van der Waals surface area contributed by atoms with Gasteiger partial charge < -0.3 is 9.84 Å². The number of allylic oxidation sites excluding steroid dienone is 2. The highest BCUT2D eigenvalue weighted by Gasteiger charge is 2.42. The quantitative estimate of drug-likeness (QED) is 0.144. The molecule has 0 amide bonds. The van der Waals surface area contributed by atoms with Gasteiger partial charge in [0.05, 0.1) is 25.1 Å². The summed E-state index contributed by atoms with van der Waals surface area (Å²) >= 11 is 0. The molecule has 1 N–H and O–H groups in total. The van der Waals surface area contributed by atoms with Crippen molar-refractivity contribution in [1.82, 2.24) is 0 Å². The van der Waals surface area contributed by atoms with Crippen LogP contribution in [0.15, 0.2) is 48.4 Å². The molecule has 190 valence electrons. The van der Waals surface area contributed by atoms with Gasteiger partial charge in [-0.2, -0.15) is 0 Å². The second-order valence-electron chi connectivity index (χ2n) is 9.81. The maximum Gasteiger partial charge on any atom is 0.272 e. The van der Waals surface area contributed by atoms with E-state index in [2.05, 4.69) is 57.2 Å². The van der Waals surface area contributed by atoms with Crippen LogP contribution in [0, 0.1) is 11.8 Å². The van der Waals surface area contributed by atoms with Crippen LogP contribution in [0.4, 0.5) is 0 Å². The average molecular weight is 488 g/mol. The Morgan fingerprint density at radius 2 is 1.56 bits per heavy atom. The van der Waals surface area contributed by atoms with Crippen LogP contribution in [-0.2, 0) is 9.53 Å². The molecule has 1 aromatic carbocycles. The van der Waals surface area contributed by atoms with E-state index in [4.69, 9.17) is 4.74 Å². The van der Waals surface area contributed by atoms with E-state index in [1.807, 2.05) is 6.92 Å². The van der Waals surface area contributed by atoms with Crippen molar-refractivity contribution >= 4 is 18.4 Å². The van der Waals surface area contributed by atoms with Gasteiger partial charge in [0.1, 0.15) is 5.31 Å². The normalized spacial score (nSPS) is 19.4. The van der Waals surface area contributed by atoms with Gasteiger partial charge in [-0.05, 0) is 51.0 Å². The number of unbranched alkanes of at least 4 members (excludes halogenated alkanes) is 3. The molecule has 0 aromatic heterocycles. The standard InChI is InChI=1S/C30H47O3P/c1-5-9-20-34(21-10-6-2,22-11-7-3)29(25-16-13-12-14-17-25)24-28(31)27-19-15-18-26(27)23-30(32)33-8-4/h12-14,16-17,23-24,26-27H,5-11,15,18-22H2,1-4H3/p+1/b29-24-,30-23+/t26?,27-/m1/s1. The first kappa shape index (κ1) is 28.6. The van der Waals surface area contributed by atoms with E-state index in [0.29, 0.717) is 6.61 Å². The van der Waals surface area contributed by atoms with Gasteiger partial charge in [0.15, 0.2) is 5.78 Å². The molecule has 0 heterocycles. The van der Waals surface area contributed by atoms with Crippen LogP contribution in [0.25, 0.3) is 5.31 Å². The molecule has 0 aliphatic heterocycles. The number of aliphatic hydroxyl groups excluding tert-OH is 1. The summed E-state index contributed by atoms with van der Waals surface area (Å²) in [5, 5.41) is 11.5. The fourth-order valence-corrected chi connectivity index (χ4v) is 10.6. The van der Waals surface area contributed by atoms with Crippen molar-refractivity contribution in [3.63, 3.8) is 0 Å². The van der Waals surface area contributed by atoms with Crippen LogP contribution >= 0.6 is 7.26 Å². The second kappa shape index (κ2) is 15.4. The lowest BCUT2D eigenvalue weighted by molar-refractivity contribution is -0.118. The molecule has 1 saturated carbocycles. The Hall–Kier alpha value is -1.60. The fourth-order valence-electron chi connectivity index (χ4n) is 5.34. The van der Waals surface area contributed by atoms with Crippen LogP contribution < -0.4 is 0 Å². The second-order valence-corrected chi connectivity index (χ2v) is 13.9. The summed E-state index contributed by atoms with van der Waals surface area (Å²) in [5.74, 6) is 0.208. The molecule has 3 nitrogen and oxygen atoms in total. The van der Waals surface area contributed by atoms with E-state index in [1.165, 1.54) is 67.9 Å². The van der Waals surface area contributed by atoms with Crippen molar-refractivity contribution in [3.05, 3.63) is 54.0 Å². The zero-order valence-electron chi connectivity index (χ0n) is 22.1. The van der Waals surface area contributed by atoms with Gasteiger partial charge in [0, 0.05) is 24.8 Å². The lowest BCUT2D eigenvalue weighted by Gasteiger charge is -2.30. The van der Waals surface area contributed by atoms with Gasteiger partial charge >= 0.3 is 0 Å². The van der Waals surface area contributed by atoms with Gasteiger partial charge in [-0.3, -0.25) is 4.79 Å². The average Bonchev–Trinajstić information content (AvgIpc) is 3.31. The maximum atomic E-state index is 13.8. The molecule has 0 radical (unpaired) electrons. The lowest BCUT2D eigenvalue weighted by Crippen LogP contribution is -2.18. The van der Waals surface area contributed by atoms with Crippen molar-refractivity contribution in [2.75, 3.05) is 25.1 Å². The third-order valence-electron chi connectivity index (χ3n) is 7.26. The molecule has 1 fully saturated rings. The zero-order chi connectivity index (χ0) is 24.8. The number of rotatable bonds is 16. The predicted octanol–water partition coefficient (Wildman–Crippen LogP) is 8.87. The van der Waals surface area contributed by atoms with E-state index in [0.717, 1.165) is 19.3 Å². The lowest BCUT2D eigenvalue weighted by atomic mass is 9.91. The molecular formula is C30H48O3P+. The van der Waals surface area contributed by atoms with Gasteiger partial charge in [0.2, 0.25) is 0 Å². The highest BCUT2D eigenvalue weighted by molar-refractivity contribution is 7.85. The number of carbonyl (C=O) groups excluding carboxylic acids is 1. The molecule has 2 rings (SSSR count). The minimum atomic E-state index is -1.48. The van der Waals surface area contributed by atoms with Crippen LogP contribution in [0.3, 0.4) is 0 Å². The zero-order valence-corrected chi connectivity index (χ0v) is 23.0.